The molecule has 0 saturated carbocycles. The van der Waals surface area contributed by atoms with Crippen molar-refractivity contribution in [3.05, 3.63) is 69.8 Å². The summed E-state index contributed by atoms with van der Waals surface area (Å²) in [6.07, 6.45) is 0.647. The van der Waals surface area contributed by atoms with Crippen LogP contribution < -0.4 is 10.6 Å². The summed E-state index contributed by atoms with van der Waals surface area (Å²) in [6.45, 7) is 0.434. The van der Waals surface area contributed by atoms with Crippen molar-refractivity contribution in [1.29, 1.82) is 0 Å². The van der Waals surface area contributed by atoms with Gasteiger partial charge in [-0.1, -0.05) is 30.3 Å². The number of hydrogen-bond donors (Lipinski definition) is 3. The number of nitro groups is 1. The molecule has 7 nitrogen and oxygen atoms in total. The predicted octanol–water partition coefficient (Wildman–Crippen LogP) is 2.45. The fourth-order valence-corrected chi connectivity index (χ4v) is 2.00. The second-order valence-electron chi connectivity index (χ2n) is 4.91. The van der Waals surface area contributed by atoms with Gasteiger partial charge in [-0.2, -0.15) is 0 Å². The standard InChI is InChI=1S/C16H17N3O4/c20-11-13-6-4-12(5-7-13)8-9-17-16(21)18-14-2-1-3-15(10-14)19(22)23/h1-7,10,20H,8-9,11H2,(H2,17,18,21). The number of aliphatic hydroxyl groups is 1. The first-order valence-electron chi connectivity index (χ1n) is 7.06. The third-order valence-electron chi connectivity index (χ3n) is 3.22. The highest BCUT2D eigenvalue weighted by Gasteiger charge is 2.07. The van der Waals surface area contributed by atoms with Gasteiger partial charge in [0.15, 0.2) is 0 Å². The van der Waals surface area contributed by atoms with Crippen LogP contribution in [0.2, 0.25) is 0 Å². The average molecular weight is 315 g/mol. The van der Waals surface area contributed by atoms with E-state index in [0.29, 0.717) is 18.7 Å². The van der Waals surface area contributed by atoms with Gasteiger partial charge >= 0.3 is 6.03 Å². The average Bonchev–Trinajstić information content (AvgIpc) is 2.55. The van der Waals surface area contributed by atoms with Crippen LogP contribution in [0.25, 0.3) is 0 Å². The quantitative estimate of drug-likeness (QED) is 0.562. The van der Waals surface area contributed by atoms with Crippen molar-refractivity contribution in [3.8, 4) is 0 Å². The molecule has 0 unspecified atom stereocenters. The first-order chi connectivity index (χ1) is 11.1. The SMILES string of the molecule is O=C(NCCc1ccc(CO)cc1)Nc1cccc([N+](=O)[O-])c1. The Bertz CT molecular complexity index is 686. The van der Waals surface area contributed by atoms with Gasteiger partial charge in [0.2, 0.25) is 0 Å². The summed E-state index contributed by atoms with van der Waals surface area (Å²) in [7, 11) is 0. The van der Waals surface area contributed by atoms with Crippen molar-refractivity contribution in [3.63, 3.8) is 0 Å². The van der Waals surface area contributed by atoms with Gasteiger partial charge in [-0.25, -0.2) is 4.79 Å². The number of urea groups is 1. The van der Waals surface area contributed by atoms with Crippen LogP contribution >= 0.6 is 0 Å². The van der Waals surface area contributed by atoms with Gasteiger partial charge in [0.25, 0.3) is 5.69 Å². The minimum Gasteiger partial charge on any atom is -0.392 e. The normalized spacial score (nSPS) is 10.1. The Kier molecular flexibility index (Phi) is 5.65. The third kappa shape index (κ3) is 5.08. The lowest BCUT2D eigenvalue weighted by molar-refractivity contribution is -0.384. The van der Waals surface area contributed by atoms with Gasteiger partial charge in [0.05, 0.1) is 11.5 Å². The van der Waals surface area contributed by atoms with Crippen molar-refractivity contribution in [1.82, 2.24) is 5.32 Å². The van der Waals surface area contributed by atoms with E-state index in [4.69, 9.17) is 5.11 Å². The topological polar surface area (TPSA) is 104 Å². The summed E-state index contributed by atoms with van der Waals surface area (Å²) < 4.78 is 0. The van der Waals surface area contributed by atoms with Gasteiger partial charge in [0, 0.05) is 24.4 Å². The molecular formula is C16H17N3O4. The van der Waals surface area contributed by atoms with E-state index in [-0.39, 0.29) is 12.3 Å². The van der Waals surface area contributed by atoms with Crippen molar-refractivity contribution in [2.75, 3.05) is 11.9 Å². The zero-order valence-corrected chi connectivity index (χ0v) is 12.4. The fourth-order valence-electron chi connectivity index (χ4n) is 2.00. The Hall–Kier alpha value is -2.93. The Morgan fingerprint density at radius 3 is 2.48 bits per heavy atom. The molecule has 0 heterocycles. The van der Waals surface area contributed by atoms with E-state index in [9.17, 15) is 14.9 Å². The molecular weight excluding hydrogens is 298 g/mol. The van der Waals surface area contributed by atoms with Gasteiger partial charge in [0.1, 0.15) is 0 Å². The Labute approximate surface area is 133 Å². The maximum atomic E-state index is 11.8. The first-order valence-corrected chi connectivity index (χ1v) is 7.06. The summed E-state index contributed by atoms with van der Waals surface area (Å²) in [6, 6.07) is 12.8. The molecule has 0 saturated heterocycles. The number of rotatable bonds is 6. The van der Waals surface area contributed by atoms with E-state index < -0.39 is 11.0 Å². The number of anilines is 1. The lowest BCUT2D eigenvalue weighted by Gasteiger charge is -2.08. The molecule has 2 rings (SSSR count). The predicted molar refractivity (Wildman–Crippen MR) is 86.2 cm³/mol. The number of aliphatic hydroxyl groups excluding tert-OH is 1. The van der Waals surface area contributed by atoms with E-state index in [1.165, 1.54) is 18.2 Å². The molecule has 0 radical (unpaired) electrons. The third-order valence-corrected chi connectivity index (χ3v) is 3.22. The van der Waals surface area contributed by atoms with Crippen molar-refractivity contribution in [2.45, 2.75) is 13.0 Å². The summed E-state index contributed by atoms with van der Waals surface area (Å²) in [4.78, 5) is 21.9. The molecule has 0 fully saturated rings. The van der Waals surface area contributed by atoms with Crippen molar-refractivity contribution < 1.29 is 14.8 Å². The van der Waals surface area contributed by atoms with Crippen LogP contribution in [-0.2, 0) is 13.0 Å². The molecule has 23 heavy (non-hydrogen) atoms. The van der Waals surface area contributed by atoms with E-state index in [1.54, 1.807) is 6.07 Å². The number of amides is 2. The van der Waals surface area contributed by atoms with Gasteiger partial charge < -0.3 is 15.7 Å². The molecule has 7 heteroatoms. The van der Waals surface area contributed by atoms with E-state index in [2.05, 4.69) is 10.6 Å². The number of carbonyl (C=O) groups excluding carboxylic acids is 1. The maximum absolute atomic E-state index is 11.8. The maximum Gasteiger partial charge on any atom is 0.319 e. The van der Waals surface area contributed by atoms with Crippen LogP contribution in [0.15, 0.2) is 48.5 Å². The molecule has 0 aliphatic heterocycles. The van der Waals surface area contributed by atoms with Crippen LogP contribution in [0.3, 0.4) is 0 Å². The van der Waals surface area contributed by atoms with Gasteiger partial charge in [-0.05, 0) is 23.6 Å². The highest BCUT2D eigenvalue weighted by atomic mass is 16.6. The molecule has 0 bridgehead atoms. The van der Waals surface area contributed by atoms with E-state index in [0.717, 1.165) is 11.1 Å². The van der Waals surface area contributed by atoms with E-state index >= 15 is 0 Å². The fraction of sp³-hybridized carbons (Fsp3) is 0.188. The molecule has 3 N–H and O–H groups in total. The smallest absolute Gasteiger partial charge is 0.319 e. The lowest BCUT2D eigenvalue weighted by Crippen LogP contribution is -2.30. The van der Waals surface area contributed by atoms with Crippen molar-refractivity contribution >= 4 is 17.4 Å². The number of non-ortho nitro benzene ring substituents is 1. The first kappa shape index (κ1) is 16.4. The molecule has 2 amide bonds. The molecule has 2 aromatic rings. The number of benzene rings is 2. The van der Waals surface area contributed by atoms with Crippen LogP contribution in [0.5, 0.6) is 0 Å². The van der Waals surface area contributed by atoms with Crippen LogP contribution in [0.1, 0.15) is 11.1 Å². The molecule has 0 aliphatic rings. The highest BCUT2D eigenvalue weighted by molar-refractivity contribution is 5.89. The zero-order chi connectivity index (χ0) is 16.7. The molecule has 0 aliphatic carbocycles. The number of carbonyl (C=O) groups is 1. The van der Waals surface area contributed by atoms with Crippen LogP contribution in [0.4, 0.5) is 16.2 Å². The Balaban J connectivity index is 1.80. The molecule has 0 spiro atoms. The minimum absolute atomic E-state index is 0.00412. The summed E-state index contributed by atoms with van der Waals surface area (Å²) in [5.41, 5.74) is 2.17. The second-order valence-corrected chi connectivity index (χ2v) is 4.91. The summed E-state index contributed by atoms with van der Waals surface area (Å²) >= 11 is 0. The largest absolute Gasteiger partial charge is 0.392 e. The molecule has 2 aromatic carbocycles. The summed E-state index contributed by atoms with van der Waals surface area (Å²) in [5, 5.41) is 24.9. The minimum atomic E-state index is -0.515. The molecule has 0 atom stereocenters. The number of nitro benzene ring substituents is 1. The number of nitrogens with one attached hydrogen (secondary N) is 2. The van der Waals surface area contributed by atoms with Gasteiger partial charge in [-0.3, -0.25) is 10.1 Å². The zero-order valence-electron chi connectivity index (χ0n) is 12.4. The highest BCUT2D eigenvalue weighted by Crippen LogP contribution is 2.16. The number of hydrogen-bond acceptors (Lipinski definition) is 4. The van der Waals surface area contributed by atoms with Gasteiger partial charge in [-0.15, -0.1) is 0 Å². The molecule has 120 valence electrons. The Morgan fingerprint density at radius 2 is 1.83 bits per heavy atom. The number of nitrogens with zero attached hydrogens (tertiary/aromatic N) is 1. The second kappa shape index (κ2) is 7.90. The van der Waals surface area contributed by atoms with E-state index in [1.807, 2.05) is 24.3 Å². The van der Waals surface area contributed by atoms with Crippen molar-refractivity contribution in [2.24, 2.45) is 0 Å². The van der Waals surface area contributed by atoms with Crippen LogP contribution in [-0.4, -0.2) is 22.6 Å². The Morgan fingerprint density at radius 1 is 1.13 bits per heavy atom. The van der Waals surface area contributed by atoms with Crippen LogP contribution in [0, 0.1) is 10.1 Å². The summed E-state index contributed by atoms with van der Waals surface area (Å²) in [5.74, 6) is 0. The lowest BCUT2D eigenvalue weighted by atomic mass is 10.1. The molecule has 0 aromatic heterocycles. The monoisotopic (exact) mass is 315 g/mol.